The molecule has 1 aliphatic rings. The molecule has 1 rings (SSSR count). The van der Waals surface area contributed by atoms with Crippen molar-refractivity contribution in [1.82, 2.24) is 5.43 Å². The first kappa shape index (κ1) is 12.2. The number of hydrazone groups is 1. The molecule has 0 bridgehead atoms. The van der Waals surface area contributed by atoms with Gasteiger partial charge in [-0.15, -0.1) is 0 Å². The summed E-state index contributed by atoms with van der Waals surface area (Å²) in [5, 5.41) is 4.19. The monoisotopic (exact) mass is 210 g/mol. The summed E-state index contributed by atoms with van der Waals surface area (Å²) in [5.74, 6) is 1.25. The van der Waals surface area contributed by atoms with Crippen molar-refractivity contribution in [3.05, 3.63) is 0 Å². The van der Waals surface area contributed by atoms with Crippen LogP contribution in [-0.4, -0.2) is 11.6 Å². The van der Waals surface area contributed by atoms with Crippen molar-refractivity contribution < 1.29 is 4.79 Å². The minimum atomic E-state index is 0.0381. The Morgan fingerprint density at radius 2 is 2.07 bits per heavy atom. The van der Waals surface area contributed by atoms with E-state index in [0.29, 0.717) is 12.3 Å². The fourth-order valence-electron chi connectivity index (χ4n) is 1.77. The number of carbonyl (C=O) groups excluding carboxylic acids is 1. The van der Waals surface area contributed by atoms with Crippen LogP contribution in [0.4, 0.5) is 0 Å². The smallest absolute Gasteiger partial charge is 0.240 e. The Kier molecular flexibility index (Phi) is 4.79. The lowest BCUT2D eigenvalue weighted by molar-refractivity contribution is -0.121. The van der Waals surface area contributed by atoms with E-state index < -0.39 is 0 Å². The molecule has 86 valence electrons. The Morgan fingerprint density at radius 3 is 2.60 bits per heavy atom. The van der Waals surface area contributed by atoms with E-state index >= 15 is 0 Å². The molecule has 0 radical (unpaired) electrons. The van der Waals surface area contributed by atoms with Gasteiger partial charge >= 0.3 is 0 Å². The third-order valence-electron chi connectivity index (χ3n) is 2.78. The SMILES string of the molecule is CC(C)CC(=O)NN=C1CCC(C)CC1. The highest BCUT2D eigenvalue weighted by molar-refractivity contribution is 5.86. The lowest BCUT2D eigenvalue weighted by Crippen LogP contribution is -2.22. The molecule has 1 fully saturated rings. The van der Waals surface area contributed by atoms with Crippen molar-refractivity contribution in [2.24, 2.45) is 16.9 Å². The van der Waals surface area contributed by atoms with Gasteiger partial charge in [0.1, 0.15) is 0 Å². The zero-order valence-electron chi connectivity index (χ0n) is 10.0. The van der Waals surface area contributed by atoms with Crippen LogP contribution >= 0.6 is 0 Å². The number of nitrogens with zero attached hydrogens (tertiary/aromatic N) is 1. The summed E-state index contributed by atoms with van der Waals surface area (Å²) >= 11 is 0. The standard InChI is InChI=1S/C12H22N2O/c1-9(2)8-12(15)14-13-11-6-4-10(3)5-7-11/h9-10H,4-8H2,1-3H3,(H,14,15). The van der Waals surface area contributed by atoms with Gasteiger partial charge in [-0.1, -0.05) is 20.8 Å². The Bertz CT molecular complexity index is 236. The van der Waals surface area contributed by atoms with Crippen LogP contribution in [0.1, 0.15) is 52.9 Å². The third-order valence-corrected chi connectivity index (χ3v) is 2.78. The van der Waals surface area contributed by atoms with Gasteiger partial charge in [0.15, 0.2) is 0 Å². The second-order valence-corrected chi connectivity index (χ2v) is 4.99. The Balaban J connectivity index is 2.28. The molecule has 0 saturated heterocycles. The molecule has 0 atom stereocenters. The normalized spacial score (nSPS) is 21.6. The number of rotatable bonds is 3. The molecule has 0 aromatic rings. The van der Waals surface area contributed by atoms with Crippen molar-refractivity contribution in [1.29, 1.82) is 0 Å². The van der Waals surface area contributed by atoms with Crippen molar-refractivity contribution in [3.8, 4) is 0 Å². The average Bonchev–Trinajstić information content (AvgIpc) is 2.16. The lowest BCUT2D eigenvalue weighted by atomic mass is 9.90. The van der Waals surface area contributed by atoms with E-state index in [2.05, 4.69) is 17.5 Å². The van der Waals surface area contributed by atoms with Crippen molar-refractivity contribution >= 4 is 11.6 Å². The van der Waals surface area contributed by atoms with Crippen LogP contribution in [0.3, 0.4) is 0 Å². The highest BCUT2D eigenvalue weighted by atomic mass is 16.2. The van der Waals surface area contributed by atoms with Crippen LogP contribution in [0, 0.1) is 11.8 Å². The van der Waals surface area contributed by atoms with E-state index in [1.165, 1.54) is 12.8 Å². The van der Waals surface area contributed by atoms with Gasteiger partial charge in [0.05, 0.1) is 0 Å². The van der Waals surface area contributed by atoms with Gasteiger partial charge in [-0.3, -0.25) is 4.79 Å². The van der Waals surface area contributed by atoms with Crippen LogP contribution in [-0.2, 0) is 4.79 Å². The fraction of sp³-hybridized carbons (Fsp3) is 0.833. The van der Waals surface area contributed by atoms with E-state index in [1.54, 1.807) is 0 Å². The minimum Gasteiger partial charge on any atom is -0.273 e. The molecule has 1 amide bonds. The molecule has 0 aromatic heterocycles. The Labute approximate surface area is 92.3 Å². The third kappa shape index (κ3) is 4.96. The van der Waals surface area contributed by atoms with Gasteiger partial charge in [-0.05, 0) is 37.5 Å². The number of carbonyl (C=O) groups is 1. The van der Waals surface area contributed by atoms with Crippen molar-refractivity contribution in [3.63, 3.8) is 0 Å². The predicted molar refractivity (Wildman–Crippen MR) is 62.7 cm³/mol. The highest BCUT2D eigenvalue weighted by Gasteiger charge is 2.13. The second-order valence-electron chi connectivity index (χ2n) is 4.99. The number of hydrogen-bond acceptors (Lipinski definition) is 2. The van der Waals surface area contributed by atoms with Gasteiger partial charge in [0.2, 0.25) is 5.91 Å². The van der Waals surface area contributed by atoms with Gasteiger partial charge in [0, 0.05) is 12.1 Å². The fourth-order valence-corrected chi connectivity index (χ4v) is 1.77. The molecule has 0 spiro atoms. The molecular weight excluding hydrogens is 188 g/mol. The zero-order chi connectivity index (χ0) is 11.3. The maximum atomic E-state index is 11.3. The van der Waals surface area contributed by atoms with Crippen molar-refractivity contribution in [2.75, 3.05) is 0 Å². The zero-order valence-corrected chi connectivity index (χ0v) is 10.0. The van der Waals surface area contributed by atoms with E-state index in [-0.39, 0.29) is 5.91 Å². The van der Waals surface area contributed by atoms with Gasteiger partial charge in [-0.2, -0.15) is 5.10 Å². The van der Waals surface area contributed by atoms with Gasteiger partial charge in [0.25, 0.3) is 0 Å². The van der Waals surface area contributed by atoms with Crippen LogP contribution < -0.4 is 5.43 Å². The number of amides is 1. The first-order valence-electron chi connectivity index (χ1n) is 5.92. The molecular formula is C12H22N2O. The van der Waals surface area contributed by atoms with E-state index in [1.807, 2.05) is 13.8 Å². The molecule has 1 aliphatic carbocycles. The summed E-state index contributed by atoms with van der Waals surface area (Å²) in [4.78, 5) is 11.3. The quantitative estimate of drug-likeness (QED) is 0.715. The lowest BCUT2D eigenvalue weighted by Gasteiger charge is -2.18. The highest BCUT2D eigenvalue weighted by Crippen LogP contribution is 2.20. The molecule has 3 nitrogen and oxygen atoms in total. The van der Waals surface area contributed by atoms with E-state index in [0.717, 1.165) is 24.5 Å². The maximum Gasteiger partial charge on any atom is 0.240 e. The number of hydrogen-bond donors (Lipinski definition) is 1. The number of nitrogens with one attached hydrogen (secondary N) is 1. The second kappa shape index (κ2) is 5.89. The Morgan fingerprint density at radius 1 is 1.47 bits per heavy atom. The minimum absolute atomic E-state index is 0.0381. The Hall–Kier alpha value is -0.860. The molecule has 15 heavy (non-hydrogen) atoms. The predicted octanol–water partition coefficient (Wildman–Crippen LogP) is 2.71. The summed E-state index contributed by atoms with van der Waals surface area (Å²) in [6.45, 7) is 6.35. The van der Waals surface area contributed by atoms with Gasteiger partial charge in [-0.25, -0.2) is 5.43 Å². The summed E-state index contributed by atoms with van der Waals surface area (Å²) < 4.78 is 0. The largest absolute Gasteiger partial charge is 0.273 e. The molecule has 0 aromatic carbocycles. The first-order valence-corrected chi connectivity index (χ1v) is 5.92. The molecule has 3 heteroatoms. The molecule has 0 aliphatic heterocycles. The van der Waals surface area contributed by atoms with E-state index in [4.69, 9.17) is 0 Å². The van der Waals surface area contributed by atoms with Crippen LogP contribution in [0.25, 0.3) is 0 Å². The maximum absolute atomic E-state index is 11.3. The summed E-state index contributed by atoms with van der Waals surface area (Å²) in [6, 6.07) is 0. The topological polar surface area (TPSA) is 41.5 Å². The van der Waals surface area contributed by atoms with E-state index in [9.17, 15) is 4.79 Å². The molecule has 1 N–H and O–H groups in total. The summed E-state index contributed by atoms with van der Waals surface area (Å²) in [7, 11) is 0. The molecule has 0 unspecified atom stereocenters. The summed E-state index contributed by atoms with van der Waals surface area (Å²) in [6.07, 6.45) is 5.07. The van der Waals surface area contributed by atoms with Crippen LogP contribution in [0.5, 0.6) is 0 Å². The first-order chi connectivity index (χ1) is 7.08. The van der Waals surface area contributed by atoms with Crippen LogP contribution in [0.15, 0.2) is 5.10 Å². The van der Waals surface area contributed by atoms with Gasteiger partial charge < -0.3 is 0 Å². The summed E-state index contributed by atoms with van der Waals surface area (Å²) in [5.41, 5.74) is 3.81. The van der Waals surface area contributed by atoms with Crippen LogP contribution in [0.2, 0.25) is 0 Å². The molecule has 0 heterocycles. The van der Waals surface area contributed by atoms with Crippen molar-refractivity contribution in [2.45, 2.75) is 52.9 Å². The average molecular weight is 210 g/mol. The molecule has 1 saturated carbocycles.